The fourth-order valence-electron chi connectivity index (χ4n) is 1.57. The zero-order valence-corrected chi connectivity index (χ0v) is 11.7. The van der Waals surface area contributed by atoms with Crippen molar-refractivity contribution in [2.75, 3.05) is 25.1 Å². The van der Waals surface area contributed by atoms with Crippen molar-refractivity contribution in [2.45, 2.75) is 32.6 Å². The van der Waals surface area contributed by atoms with Crippen molar-refractivity contribution in [3.8, 4) is 0 Å². The number of ether oxygens (including phenoxy) is 1. The van der Waals surface area contributed by atoms with Crippen molar-refractivity contribution in [2.24, 2.45) is 5.92 Å². The first-order valence-electron chi connectivity index (χ1n) is 6.51. The minimum absolute atomic E-state index is 0.273. The van der Waals surface area contributed by atoms with E-state index in [1.54, 1.807) is 6.07 Å². The van der Waals surface area contributed by atoms with Gasteiger partial charge in [0.2, 0.25) is 0 Å². The molecular formula is C13H20ClN3O. The SMILES string of the molecule is CC(C)c1nc(Cl)cc(NCCOCC2CC2)n1. The first kappa shape index (κ1) is 13.6. The van der Waals surface area contributed by atoms with Gasteiger partial charge in [-0.15, -0.1) is 0 Å². The van der Waals surface area contributed by atoms with Crippen molar-refractivity contribution in [1.29, 1.82) is 0 Å². The maximum absolute atomic E-state index is 5.96. The summed E-state index contributed by atoms with van der Waals surface area (Å²) in [7, 11) is 0. The number of nitrogens with zero attached hydrogens (tertiary/aromatic N) is 2. The highest BCUT2D eigenvalue weighted by Gasteiger charge is 2.20. The Morgan fingerprint density at radius 1 is 1.44 bits per heavy atom. The summed E-state index contributed by atoms with van der Waals surface area (Å²) in [5.74, 6) is 2.62. The van der Waals surface area contributed by atoms with Gasteiger partial charge in [-0.1, -0.05) is 25.4 Å². The largest absolute Gasteiger partial charge is 0.379 e. The highest BCUT2D eigenvalue weighted by Crippen LogP contribution is 2.28. The van der Waals surface area contributed by atoms with E-state index in [0.717, 1.165) is 30.7 Å². The molecular weight excluding hydrogens is 250 g/mol. The summed E-state index contributed by atoms with van der Waals surface area (Å²) in [5.41, 5.74) is 0. The Hall–Kier alpha value is -0.870. The van der Waals surface area contributed by atoms with Gasteiger partial charge in [0.25, 0.3) is 0 Å². The van der Waals surface area contributed by atoms with Gasteiger partial charge < -0.3 is 10.1 Å². The van der Waals surface area contributed by atoms with Crippen LogP contribution in [0.5, 0.6) is 0 Å². The van der Waals surface area contributed by atoms with Crippen LogP contribution in [-0.4, -0.2) is 29.7 Å². The molecule has 0 saturated heterocycles. The number of nitrogens with one attached hydrogen (secondary N) is 1. The van der Waals surface area contributed by atoms with E-state index in [2.05, 4.69) is 15.3 Å². The molecule has 0 unspecified atom stereocenters. The normalized spacial score (nSPS) is 15.1. The maximum Gasteiger partial charge on any atom is 0.135 e. The van der Waals surface area contributed by atoms with Gasteiger partial charge in [0, 0.05) is 25.1 Å². The van der Waals surface area contributed by atoms with Crippen molar-refractivity contribution in [3.05, 3.63) is 17.0 Å². The van der Waals surface area contributed by atoms with E-state index in [4.69, 9.17) is 16.3 Å². The Kier molecular flexibility index (Phi) is 4.78. The standard InChI is InChI=1S/C13H20ClN3O/c1-9(2)13-16-11(14)7-12(17-13)15-5-6-18-8-10-3-4-10/h7,9-10H,3-6,8H2,1-2H3,(H,15,16,17). The molecule has 1 saturated carbocycles. The predicted molar refractivity (Wildman–Crippen MR) is 73.2 cm³/mol. The number of rotatable bonds is 7. The molecule has 0 aromatic carbocycles. The lowest BCUT2D eigenvalue weighted by atomic mass is 10.2. The lowest BCUT2D eigenvalue weighted by Gasteiger charge is -2.09. The van der Waals surface area contributed by atoms with Crippen LogP contribution >= 0.6 is 11.6 Å². The van der Waals surface area contributed by atoms with Crippen molar-refractivity contribution < 1.29 is 4.74 Å². The highest BCUT2D eigenvalue weighted by atomic mass is 35.5. The van der Waals surface area contributed by atoms with Crippen LogP contribution in [-0.2, 0) is 4.74 Å². The maximum atomic E-state index is 5.96. The first-order chi connectivity index (χ1) is 8.65. The zero-order valence-electron chi connectivity index (χ0n) is 10.9. The molecule has 18 heavy (non-hydrogen) atoms. The number of hydrogen-bond acceptors (Lipinski definition) is 4. The van der Waals surface area contributed by atoms with E-state index >= 15 is 0 Å². The van der Waals surface area contributed by atoms with Crippen LogP contribution < -0.4 is 5.32 Å². The van der Waals surface area contributed by atoms with Crippen LogP contribution in [0, 0.1) is 5.92 Å². The predicted octanol–water partition coefficient (Wildman–Crippen LogP) is 3.09. The van der Waals surface area contributed by atoms with Crippen LogP contribution in [0.2, 0.25) is 5.15 Å². The van der Waals surface area contributed by atoms with Crippen LogP contribution in [0.4, 0.5) is 5.82 Å². The molecule has 1 fully saturated rings. The van der Waals surface area contributed by atoms with Gasteiger partial charge in [0.15, 0.2) is 0 Å². The van der Waals surface area contributed by atoms with Crippen molar-refractivity contribution in [1.82, 2.24) is 9.97 Å². The molecule has 1 N–H and O–H groups in total. The second-order valence-electron chi connectivity index (χ2n) is 5.03. The molecule has 0 amide bonds. The van der Waals surface area contributed by atoms with E-state index in [1.165, 1.54) is 12.8 Å². The van der Waals surface area contributed by atoms with E-state index in [0.29, 0.717) is 11.8 Å². The molecule has 1 aromatic rings. The van der Waals surface area contributed by atoms with Gasteiger partial charge in [-0.25, -0.2) is 9.97 Å². The van der Waals surface area contributed by atoms with Crippen LogP contribution in [0.25, 0.3) is 0 Å². The van der Waals surface area contributed by atoms with Gasteiger partial charge in [0.05, 0.1) is 6.61 Å². The zero-order chi connectivity index (χ0) is 13.0. The average molecular weight is 270 g/mol. The summed E-state index contributed by atoms with van der Waals surface area (Å²) in [6, 6.07) is 1.74. The van der Waals surface area contributed by atoms with Gasteiger partial charge in [0.1, 0.15) is 16.8 Å². The molecule has 0 atom stereocenters. The average Bonchev–Trinajstić information content (AvgIpc) is 3.12. The third-order valence-electron chi connectivity index (χ3n) is 2.83. The summed E-state index contributed by atoms with van der Waals surface area (Å²) in [5, 5.41) is 3.70. The van der Waals surface area contributed by atoms with E-state index in [9.17, 15) is 0 Å². The molecule has 0 spiro atoms. The molecule has 0 bridgehead atoms. The quantitative estimate of drug-likeness (QED) is 0.610. The highest BCUT2D eigenvalue weighted by molar-refractivity contribution is 6.29. The lowest BCUT2D eigenvalue weighted by Crippen LogP contribution is -2.12. The number of anilines is 1. The number of hydrogen-bond donors (Lipinski definition) is 1. The van der Waals surface area contributed by atoms with Gasteiger partial charge in [-0.2, -0.15) is 0 Å². The lowest BCUT2D eigenvalue weighted by molar-refractivity contribution is 0.134. The number of halogens is 1. The Labute approximate surface area is 113 Å². The van der Waals surface area contributed by atoms with E-state index in [1.807, 2.05) is 13.8 Å². The van der Waals surface area contributed by atoms with E-state index in [-0.39, 0.29) is 5.92 Å². The molecule has 1 aliphatic rings. The summed E-state index contributed by atoms with van der Waals surface area (Å²) < 4.78 is 5.55. The third-order valence-corrected chi connectivity index (χ3v) is 3.03. The summed E-state index contributed by atoms with van der Waals surface area (Å²) >= 11 is 5.96. The second-order valence-corrected chi connectivity index (χ2v) is 5.42. The first-order valence-corrected chi connectivity index (χ1v) is 6.89. The fraction of sp³-hybridized carbons (Fsp3) is 0.692. The van der Waals surface area contributed by atoms with Gasteiger partial charge >= 0.3 is 0 Å². The smallest absolute Gasteiger partial charge is 0.135 e. The van der Waals surface area contributed by atoms with Crippen LogP contribution in [0.3, 0.4) is 0 Å². The summed E-state index contributed by atoms with van der Waals surface area (Å²) in [6.07, 6.45) is 2.65. The topological polar surface area (TPSA) is 47.0 Å². The number of aromatic nitrogens is 2. The fourth-order valence-corrected chi connectivity index (χ4v) is 1.76. The Morgan fingerprint density at radius 2 is 2.22 bits per heavy atom. The molecule has 100 valence electrons. The van der Waals surface area contributed by atoms with Crippen LogP contribution in [0.1, 0.15) is 38.4 Å². The molecule has 0 aliphatic heterocycles. The second kappa shape index (κ2) is 6.34. The van der Waals surface area contributed by atoms with Crippen molar-refractivity contribution >= 4 is 17.4 Å². The molecule has 2 rings (SSSR count). The summed E-state index contributed by atoms with van der Waals surface area (Å²) in [6.45, 7) is 6.44. The molecule has 0 radical (unpaired) electrons. The molecule has 4 nitrogen and oxygen atoms in total. The minimum Gasteiger partial charge on any atom is -0.379 e. The molecule has 5 heteroatoms. The van der Waals surface area contributed by atoms with Gasteiger partial charge in [-0.3, -0.25) is 0 Å². The minimum atomic E-state index is 0.273. The summed E-state index contributed by atoms with van der Waals surface area (Å²) in [4.78, 5) is 8.61. The Bertz CT molecular complexity index is 394. The Balaban J connectivity index is 1.76. The van der Waals surface area contributed by atoms with E-state index < -0.39 is 0 Å². The van der Waals surface area contributed by atoms with Crippen molar-refractivity contribution in [3.63, 3.8) is 0 Å². The van der Waals surface area contributed by atoms with Gasteiger partial charge in [-0.05, 0) is 18.8 Å². The Morgan fingerprint density at radius 3 is 2.89 bits per heavy atom. The molecule has 1 heterocycles. The monoisotopic (exact) mass is 269 g/mol. The molecule has 1 aromatic heterocycles. The molecule has 1 aliphatic carbocycles. The third kappa shape index (κ3) is 4.42. The van der Waals surface area contributed by atoms with Crippen LogP contribution in [0.15, 0.2) is 6.07 Å².